The van der Waals surface area contributed by atoms with Gasteiger partial charge in [-0.3, -0.25) is 18.5 Å². The van der Waals surface area contributed by atoms with Crippen LogP contribution in [0.3, 0.4) is 0 Å². The quantitative estimate of drug-likeness (QED) is 0.00747. The predicted molar refractivity (Wildman–Crippen MR) is 219 cm³/mol. The minimum atomic E-state index is -5.08. The van der Waals surface area contributed by atoms with Crippen LogP contribution in [0.15, 0.2) is 107 Å². The number of carboxylic acids is 1. The number of thioether (sulfide) groups is 1. The molecule has 33 heteroatoms. The molecule has 5 aromatic rings. The molecule has 0 spiro atoms. The number of nitrogens with two attached hydrogens (primary N) is 1. The van der Waals surface area contributed by atoms with E-state index in [1.165, 1.54) is 48.5 Å². The summed E-state index contributed by atoms with van der Waals surface area (Å²) in [4.78, 5) is 30.5. The topological polar surface area (TPSA) is 418 Å². The Hall–Kier alpha value is -5.53. The number of nitrogens with zero attached hydrogens (tertiary/aromatic N) is 6. The molecule has 4 aromatic carbocycles. The van der Waals surface area contributed by atoms with Crippen molar-refractivity contribution in [1.29, 1.82) is 0 Å². The number of aliphatic imine (C=N–C) groups is 1. The van der Waals surface area contributed by atoms with Crippen molar-refractivity contribution in [3.63, 3.8) is 0 Å². The maximum Gasteiger partial charge on any atom is 0.397 e. The van der Waals surface area contributed by atoms with Crippen LogP contribution in [0.5, 0.6) is 0 Å². The lowest BCUT2D eigenvalue weighted by Crippen LogP contribution is -2.15. The molecular formula is C30H27N9O18S6. The van der Waals surface area contributed by atoms with E-state index in [0.717, 1.165) is 36.4 Å². The molecule has 0 aliphatic rings. The Balaban J connectivity index is 1.48. The van der Waals surface area contributed by atoms with Crippen molar-refractivity contribution in [3.05, 3.63) is 66.7 Å². The van der Waals surface area contributed by atoms with Crippen molar-refractivity contribution in [2.24, 2.45) is 21.1 Å². The summed E-state index contributed by atoms with van der Waals surface area (Å²) in [6.45, 7) is -0.839. The first kappa shape index (κ1) is 48.5. The first-order valence-corrected chi connectivity index (χ1v) is 23.9. The summed E-state index contributed by atoms with van der Waals surface area (Å²) in [5, 5.41) is 34.3. The van der Waals surface area contributed by atoms with E-state index in [2.05, 4.69) is 59.2 Å². The number of carbonyl (C=O) groups is 1. The second-order valence-electron chi connectivity index (χ2n) is 11.7. The molecule has 63 heavy (non-hydrogen) atoms. The molecule has 1 aromatic heterocycles. The van der Waals surface area contributed by atoms with Gasteiger partial charge in [0.2, 0.25) is 18.3 Å². The summed E-state index contributed by atoms with van der Waals surface area (Å²) in [6.07, 6.45) is 0.784. The number of carboxylic acid groups (broad SMARTS) is 1. The smallest absolute Gasteiger partial charge is 0.397 e. The predicted octanol–water partition coefficient (Wildman–Crippen LogP) is 4.17. The van der Waals surface area contributed by atoms with Gasteiger partial charge in [-0.2, -0.15) is 46.1 Å². The number of azo groups is 1. The Bertz CT molecular complexity index is 3050. The molecule has 0 radical (unpaired) electrons. The number of nitrogens with one attached hydrogen (secondary N) is 2. The highest BCUT2D eigenvalue weighted by molar-refractivity contribution is 7.99. The lowest BCUT2D eigenvalue weighted by atomic mass is 10.1. The highest BCUT2D eigenvalue weighted by Crippen LogP contribution is 2.39. The molecule has 0 saturated carbocycles. The summed E-state index contributed by atoms with van der Waals surface area (Å²) in [5.41, 5.74) is -0.349. The van der Waals surface area contributed by atoms with Crippen LogP contribution in [0, 0.1) is 0 Å². The van der Waals surface area contributed by atoms with Crippen LogP contribution >= 0.6 is 23.8 Å². The highest BCUT2D eigenvalue weighted by Gasteiger charge is 2.23. The molecule has 5 rings (SSSR count). The zero-order valence-electron chi connectivity index (χ0n) is 30.8. The van der Waals surface area contributed by atoms with Crippen LogP contribution in [0.25, 0.3) is 10.8 Å². The second-order valence-corrected chi connectivity index (χ2v) is 19.4. The fourth-order valence-electron chi connectivity index (χ4n) is 4.93. The van der Waals surface area contributed by atoms with E-state index in [4.69, 9.17) is 15.7 Å². The molecule has 0 unspecified atom stereocenters. The van der Waals surface area contributed by atoms with Crippen LogP contribution in [-0.4, -0.2) is 103 Å². The molecule has 9 N–H and O–H groups in total. The van der Waals surface area contributed by atoms with E-state index >= 15 is 0 Å². The van der Waals surface area contributed by atoms with E-state index in [-0.39, 0.29) is 60.4 Å². The molecule has 0 aliphatic heterocycles. The summed E-state index contributed by atoms with van der Waals surface area (Å²) in [7, 11) is -19.0. The van der Waals surface area contributed by atoms with E-state index in [9.17, 15) is 52.7 Å². The zero-order chi connectivity index (χ0) is 46.2. The van der Waals surface area contributed by atoms with Crippen LogP contribution in [-0.2, 0) is 63.7 Å². The Kier molecular flexibility index (Phi) is 15.6. The Morgan fingerprint density at radius 2 is 1.41 bits per heavy atom. The number of aromatic nitrogens is 3. The number of fused-ring (bicyclic) bond motifs is 1. The van der Waals surface area contributed by atoms with Gasteiger partial charge in [0.15, 0.2) is 15.0 Å². The number of hydrogen-bond acceptors (Lipinski definition) is 25. The van der Waals surface area contributed by atoms with Gasteiger partial charge in [-0.15, -0.1) is 14.6 Å². The van der Waals surface area contributed by atoms with Gasteiger partial charge in [0.1, 0.15) is 21.2 Å². The molecule has 0 atom stereocenters. The van der Waals surface area contributed by atoms with Crippen LogP contribution in [0.1, 0.15) is 0 Å². The lowest BCUT2D eigenvalue weighted by Gasteiger charge is -2.11. The van der Waals surface area contributed by atoms with Gasteiger partial charge in [0.25, 0.3) is 20.2 Å². The van der Waals surface area contributed by atoms with Crippen LogP contribution < -0.4 is 16.5 Å². The molecule has 27 nitrogen and oxygen atoms in total. The molecule has 0 fully saturated rings. The van der Waals surface area contributed by atoms with E-state index in [1.54, 1.807) is 0 Å². The van der Waals surface area contributed by atoms with Crippen molar-refractivity contribution < 1.29 is 80.9 Å². The summed E-state index contributed by atoms with van der Waals surface area (Å²) < 4.78 is 133. The minimum absolute atomic E-state index is 0.0674. The van der Waals surface area contributed by atoms with E-state index < -0.39 is 80.0 Å². The lowest BCUT2D eigenvalue weighted by molar-refractivity contribution is -0.432. The molecule has 1 heterocycles. The van der Waals surface area contributed by atoms with Gasteiger partial charge < -0.3 is 20.6 Å². The summed E-state index contributed by atoms with van der Waals surface area (Å²) >= 11 is 1.01. The maximum absolute atomic E-state index is 12.6. The van der Waals surface area contributed by atoms with Gasteiger partial charge >= 0.3 is 16.4 Å². The average molecular weight is 994 g/mol. The number of anilines is 4. The van der Waals surface area contributed by atoms with Gasteiger partial charge in [-0.1, -0.05) is 16.8 Å². The third-order valence-corrected chi connectivity index (χ3v) is 12.8. The third-order valence-electron chi connectivity index (χ3n) is 7.43. The Morgan fingerprint density at radius 3 is 2.02 bits per heavy atom. The fourth-order valence-corrected chi connectivity index (χ4v) is 8.87. The normalized spacial score (nSPS) is 12.6. The van der Waals surface area contributed by atoms with Gasteiger partial charge in [-0.25, -0.2) is 22.9 Å². The second kappa shape index (κ2) is 20.3. The van der Waals surface area contributed by atoms with E-state index in [0.29, 0.717) is 12.0 Å². The largest absolute Gasteiger partial charge is 0.481 e. The monoisotopic (exact) mass is 993 g/mol. The molecule has 336 valence electrons. The Morgan fingerprint density at radius 1 is 0.778 bits per heavy atom. The first-order chi connectivity index (χ1) is 29.5. The zero-order valence-corrected chi connectivity index (χ0v) is 35.7. The van der Waals surface area contributed by atoms with Crippen LogP contribution in [0.2, 0.25) is 0 Å². The first-order valence-electron chi connectivity index (χ1n) is 16.3. The SMILES string of the molecule is NO/C=N/c1cc(Nc2nc(Nc3ccc(S(=O)(=O)CCOS(=O)(=O)O)cc3)nc(SCC(=O)O)n2)ccc1N=Nc1cc2c(S(=O)(=O)O)cc(SOOO)cc2cc1S(=O)(=O)O. The number of benzene rings is 4. The number of aliphatic carboxylic acids is 1. The van der Waals surface area contributed by atoms with E-state index in [1.807, 2.05) is 0 Å². The van der Waals surface area contributed by atoms with Gasteiger partial charge in [-0.05, 0) is 72.1 Å². The van der Waals surface area contributed by atoms with Crippen molar-refractivity contribution in [2.45, 2.75) is 24.7 Å². The van der Waals surface area contributed by atoms with Gasteiger partial charge in [0, 0.05) is 21.7 Å². The summed E-state index contributed by atoms with van der Waals surface area (Å²) in [5.74, 6) is 2.37. The maximum atomic E-state index is 12.6. The molecule has 0 aliphatic carbocycles. The molecule has 0 amide bonds. The Labute approximate surface area is 363 Å². The minimum Gasteiger partial charge on any atom is -0.481 e. The summed E-state index contributed by atoms with van der Waals surface area (Å²) in [6, 6.07) is 12.8. The van der Waals surface area contributed by atoms with Crippen molar-refractivity contribution in [3.8, 4) is 0 Å². The molecular weight excluding hydrogens is 967 g/mol. The third kappa shape index (κ3) is 14.0. The molecule has 0 saturated heterocycles. The van der Waals surface area contributed by atoms with Crippen molar-refractivity contribution >= 4 is 128 Å². The number of sulfone groups is 1. The standard InChI is InChI=1S/C30H27N9O18S6/c31-54-15-32-23-11-18(3-6-22(23)38-39-24-13-21-16(10-26(24)62(48,49)50)9-19(59-57-56-42)12-25(21)61(45,46)47)34-29-35-28(36-30(37-29)58-14-27(40)41)33-17-1-4-20(5-2-17)60(43,44)8-7-55-63(51,52)53/h1-6,9-13,15,42H,7-8,14,31H2,(H,40,41)(H,45,46,47)(H,48,49,50)(H,51,52,53)(H2,33,34,35,36,37)/b32-15+,39-38?. The van der Waals surface area contributed by atoms with Crippen molar-refractivity contribution in [1.82, 2.24) is 15.0 Å². The fraction of sp³-hybridized carbons (Fsp3) is 0.100. The van der Waals surface area contributed by atoms with Crippen molar-refractivity contribution in [2.75, 3.05) is 28.7 Å². The number of rotatable bonds is 21. The molecule has 0 bridgehead atoms. The number of hydrogen-bond donors (Lipinski definition) is 8. The highest BCUT2D eigenvalue weighted by atomic mass is 32.3. The average Bonchev–Trinajstić information content (AvgIpc) is 3.19. The van der Waals surface area contributed by atoms with Gasteiger partial charge in [0.05, 0.1) is 40.7 Å². The van der Waals surface area contributed by atoms with Crippen LogP contribution in [0.4, 0.5) is 40.3 Å².